The summed E-state index contributed by atoms with van der Waals surface area (Å²) < 4.78 is 4.85. The molecule has 0 aliphatic rings. The van der Waals surface area contributed by atoms with E-state index >= 15 is 0 Å². The first-order chi connectivity index (χ1) is 17.1. The van der Waals surface area contributed by atoms with Gasteiger partial charge in [-0.25, -0.2) is 0 Å². The molecule has 0 rings (SSSR count). The van der Waals surface area contributed by atoms with Crippen LogP contribution in [0.5, 0.6) is 0 Å². The molecule has 36 heavy (non-hydrogen) atoms. The first-order valence-electron chi connectivity index (χ1n) is 13.6. The third-order valence-electron chi connectivity index (χ3n) is 6.26. The number of aldehydes is 4. The molecule has 0 aromatic carbocycles. The fourth-order valence-corrected chi connectivity index (χ4v) is 4.11. The van der Waals surface area contributed by atoms with Gasteiger partial charge in [-0.15, -0.1) is 0 Å². The topological polar surface area (TPSA) is 112 Å². The summed E-state index contributed by atoms with van der Waals surface area (Å²) in [5.74, 6) is -2.32. The average Bonchev–Trinajstić information content (AvgIpc) is 2.85. The van der Waals surface area contributed by atoms with Crippen LogP contribution in [0.3, 0.4) is 0 Å². The number of rotatable bonds is 26. The largest absolute Gasteiger partial charge is 1.00 e. The van der Waals surface area contributed by atoms with Gasteiger partial charge in [-0.2, -0.15) is 0 Å². The van der Waals surface area contributed by atoms with E-state index in [9.17, 15) is 28.8 Å². The Labute approximate surface area is 241 Å². The Kier molecular flexibility index (Phi) is 29.2. The molecular formula is C28H47NaO7. The van der Waals surface area contributed by atoms with Crippen LogP contribution in [-0.4, -0.2) is 37.1 Å². The maximum atomic E-state index is 12.0. The Hall–Kier alpha value is -1.18. The van der Waals surface area contributed by atoms with Gasteiger partial charge in [0, 0.05) is 24.7 Å². The van der Waals surface area contributed by atoms with Crippen LogP contribution in [0, 0.1) is 11.8 Å². The van der Waals surface area contributed by atoms with Gasteiger partial charge in [-0.1, -0.05) is 77.0 Å². The van der Waals surface area contributed by atoms with E-state index in [1.54, 1.807) is 0 Å². The summed E-state index contributed by atoms with van der Waals surface area (Å²) in [7, 11) is 0. The molecule has 202 valence electrons. The predicted octanol–water partition coefficient (Wildman–Crippen LogP) is 3.00. The maximum Gasteiger partial charge on any atom is 1.00 e. The molecule has 0 aromatic rings. The van der Waals surface area contributed by atoms with Gasteiger partial charge in [0.2, 0.25) is 0 Å². The molecule has 8 heteroatoms. The zero-order valence-electron chi connectivity index (χ0n) is 23.5. The molecule has 0 spiro atoms. The van der Waals surface area contributed by atoms with Crippen molar-refractivity contribution < 1.29 is 64.5 Å². The van der Waals surface area contributed by atoms with Gasteiger partial charge in [-0.05, 0) is 25.7 Å². The van der Waals surface area contributed by atoms with Crippen molar-refractivity contribution in [1.29, 1.82) is 0 Å². The van der Waals surface area contributed by atoms with Crippen molar-refractivity contribution in [2.75, 3.05) is 0 Å². The minimum atomic E-state index is -0.707. The van der Waals surface area contributed by atoms with Crippen LogP contribution in [0.4, 0.5) is 0 Å². The molecule has 0 fully saturated rings. The fourth-order valence-electron chi connectivity index (χ4n) is 4.11. The fraction of sp³-hybridized carbons (Fsp3) is 0.786. The van der Waals surface area contributed by atoms with Crippen LogP contribution in [0.1, 0.15) is 130 Å². The maximum absolute atomic E-state index is 12.0. The molecule has 0 amide bonds. The first kappa shape index (κ1) is 37.0. The molecule has 0 radical (unpaired) electrons. The molecule has 0 saturated carbocycles. The standard InChI is InChI=1S/C28H46O7.Na.H/c29-19-15-11-7-3-1-5-9-13-17-25(23-31)21-27(33)35-28(34)22-26(24-32)18-14-10-6-2-4-8-12-16-20-30;;/h19-20,23-26H,1-18,21-22H2;;/q;+1;-1. The number of esters is 2. The van der Waals surface area contributed by atoms with E-state index in [-0.39, 0.29) is 43.8 Å². The molecule has 0 aliphatic heterocycles. The summed E-state index contributed by atoms with van der Waals surface area (Å²) in [6.45, 7) is 0. The zero-order valence-corrected chi connectivity index (χ0v) is 24.5. The second-order valence-electron chi connectivity index (χ2n) is 9.48. The number of hydrogen-bond donors (Lipinski definition) is 0. The van der Waals surface area contributed by atoms with Crippen LogP contribution >= 0.6 is 0 Å². The molecule has 7 nitrogen and oxygen atoms in total. The Balaban J connectivity index is -0.00000578. The third-order valence-corrected chi connectivity index (χ3v) is 6.26. The van der Waals surface area contributed by atoms with Crippen molar-refractivity contribution in [3.05, 3.63) is 0 Å². The Morgan fingerprint density at radius 1 is 0.528 bits per heavy atom. The van der Waals surface area contributed by atoms with Gasteiger partial charge in [0.05, 0.1) is 12.8 Å². The van der Waals surface area contributed by atoms with Crippen molar-refractivity contribution in [2.45, 2.75) is 128 Å². The van der Waals surface area contributed by atoms with Gasteiger partial charge in [0.1, 0.15) is 25.1 Å². The molecule has 2 unspecified atom stereocenters. The molecule has 0 N–H and O–H groups in total. The minimum Gasteiger partial charge on any atom is -1.00 e. The van der Waals surface area contributed by atoms with Crippen molar-refractivity contribution in [1.82, 2.24) is 0 Å². The van der Waals surface area contributed by atoms with Gasteiger partial charge in [0.15, 0.2) is 0 Å². The minimum absolute atomic E-state index is 0. The van der Waals surface area contributed by atoms with E-state index in [0.717, 1.165) is 115 Å². The Morgan fingerprint density at radius 2 is 0.833 bits per heavy atom. The molecule has 0 bridgehead atoms. The summed E-state index contributed by atoms with van der Waals surface area (Å²) in [4.78, 5) is 67.2. The molecule has 0 aromatic heterocycles. The van der Waals surface area contributed by atoms with Crippen LogP contribution in [0.15, 0.2) is 0 Å². The van der Waals surface area contributed by atoms with Crippen molar-refractivity contribution in [2.24, 2.45) is 11.8 Å². The van der Waals surface area contributed by atoms with E-state index in [0.29, 0.717) is 25.7 Å². The molecule has 0 heterocycles. The normalized spacial score (nSPS) is 12.1. The van der Waals surface area contributed by atoms with Gasteiger partial charge >= 0.3 is 41.5 Å². The van der Waals surface area contributed by atoms with Gasteiger partial charge in [0.25, 0.3) is 0 Å². The van der Waals surface area contributed by atoms with E-state index < -0.39 is 23.8 Å². The van der Waals surface area contributed by atoms with Crippen LogP contribution in [-0.2, 0) is 33.5 Å². The zero-order chi connectivity index (χ0) is 26.0. The predicted molar refractivity (Wildman–Crippen MR) is 136 cm³/mol. The summed E-state index contributed by atoms with van der Waals surface area (Å²) in [6.07, 6.45) is 19.8. The number of carbonyl (C=O) groups is 6. The summed E-state index contributed by atoms with van der Waals surface area (Å²) >= 11 is 0. The van der Waals surface area contributed by atoms with E-state index in [4.69, 9.17) is 4.74 Å². The average molecular weight is 519 g/mol. The summed E-state index contributed by atoms with van der Waals surface area (Å²) in [6, 6.07) is 0. The number of ether oxygens (including phenoxy) is 1. The van der Waals surface area contributed by atoms with E-state index in [1.165, 1.54) is 0 Å². The molecule has 2 atom stereocenters. The van der Waals surface area contributed by atoms with Crippen molar-refractivity contribution >= 4 is 37.1 Å². The number of unbranched alkanes of at least 4 members (excludes halogenated alkanes) is 14. The Morgan fingerprint density at radius 3 is 1.14 bits per heavy atom. The van der Waals surface area contributed by atoms with Crippen LogP contribution in [0.25, 0.3) is 0 Å². The van der Waals surface area contributed by atoms with Crippen LogP contribution in [0.2, 0.25) is 0 Å². The van der Waals surface area contributed by atoms with Gasteiger partial charge < -0.3 is 25.3 Å². The van der Waals surface area contributed by atoms with E-state index in [1.807, 2.05) is 0 Å². The smallest absolute Gasteiger partial charge is 1.00 e. The van der Waals surface area contributed by atoms with Gasteiger partial charge in [-0.3, -0.25) is 9.59 Å². The number of hydrogen-bond acceptors (Lipinski definition) is 7. The SMILES string of the molecule is O=CCCCCCCCCCC(C=O)CC(=O)OC(=O)CC(C=O)CCCCCCCCCC=O.[H-].[Na+]. The molecular weight excluding hydrogens is 471 g/mol. The van der Waals surface area contributed by atoms with Crippen molar-refractivity contribution in [3.63, 3.8) is 0 Å². The third kappa shape index (κ3) is 24.5. The quantitative estimate of drug-likeness (QED) is 0.0569. The second kappa shape index (κ2) is 28.4. The van der Waals surface area contributed by atoms with Crippen molar-refractivity contribution in [3.8, 4) is 0 Å². The summed E-state index contributed by atoms with van der Waals surface area (Å²) in [5, 5.41) is 0. The van der Waals surface area contributed by atoms with Crippen LogP contribution < -0.4 is 29.6 Å². The first-order valence-corrected chi connectivity index (χ1v) is 13.6. The molecule has 0 saturated heterocycles. The Bertz CT molecular complexity index is 551. The molecule has 0 aliphatic carbocycles. The number of carbonyl (C=O) groups excluding carboxylic acids is 6. The summed E-state index contributed by atoms with van der Waals surface area (Å²) in [5.41, 5.74) is 0. The monoisotopic (exact) mass is 518 g/mol. The van der Waals surface area contributed by atoms with E-state index in [2.05, 4.69) is 0 Å². The second-order valence-corrected chi connectivity index (χ2v) is 9.48.